The molecule has 1 saturated carbocycles. The summed E-state index contributed by atoms with van der Waals surface area (Å²) in [7, 11) is 0. The average Bonchev–Trinajstić information content (AvgIpc) is 2.86. The quantitative estimate of drug-likeness (QED) is 0.890. The van der Waals surface area contributed by atoms with Crippen molar-refractivity contribution in [3.8, 4) is 0 Å². The summed E-state index contributed by atoms with van der Waals surface area (Å²) in [5.74, 6) is -0.0612. The molecule has 0 aliphatic heterocycles. The van der Waals surface area contributed by atoms with Crippen molar-refractivity contribution in [2.45, 2.75) is 38.0 Å². The van der Waals surface area contributed by atoms with Crippen molar-refractivity contribution in [2.24, 2.45) is 5.73 Å². The van der Waals surface area contributed by atoms with Gasteiger partial charge in [0.05, 0.1) is 6.54 Å². The maximum Gasteiger partial charge on any atom is 0.233 e. The van der Waals surface area contributed by atoms with Crippen molar-refractivity contribution in [3.05, 3.63) is 35.4 Å². The first-order valence-electron chi connectivity index (χ1n) is 6.70. The monoisotopic (exact) mass is 282 g/mol. The molecule has 4 heteroatoms. The highest BCUT2D eigenvalue weighted by molar-refractivity contribution is 5.85. The molecule has 0 saturated heterocycles. The van der Waals surface area contributed by atoms with Crippen molar-refractivity contribution in [1.82, 2.24) is 5.32 Å². The molecular formula is C15H23ClN2O. The Morgan fingerprint density at radius 3 is 2.63 bits per heavy atom. The number of halogens is 1. The normalized spacial score (nSPS) is 16.7. The molecule has 3 N–H and O–H groups in total. The molecule has 106 valence electrons. The Hall–Kier alpha value is -1.06. The first kappa shape index (κ1) is 16.0. The van der Waals surface area contributed by atoms with Crippen LogP contribution in [0.2, 0.25) is 0 Å². The first-order chi connectivity index (χ1) is 8.66. The standard InChI is InChI=1S/C15H22N2O.ClH/c1-12-5-4-6-13(9-12)15(7-2-3-8-15)11-17-14(18)10-16;/h4-6,9H,2-3,7-8,10-11,16H2,1H3,(H,17,18);1H. The lowest BCUT2D eigenvalue weighted by Crippen LogP contribution is -2.41. The van der Waals surface area contributed by atoms with Crippen molar-refractivity contribution >= 4 is 18.3 Å². The van der Waals surface area contributed by atoms with Crippen LogP contribution in [0.4, 0.5) is 0 Å². The molecule has 1 amide bonds. The van der Waals surface area contributed by atoms with Gasteiger partial charge < -0.3 is 11.1 Å². The summed E-state index contributed by atoms with van der Waals surface area (Å²) in [5, 5.41) is 2.97. The minimum Gasteiger partial charge on any atom is -0.354 e. The van der Waals surface area contributed by atoms with Crippen LogP contribution in [0.25, 0.3) is 0 Å². The van der Waals surface area contributed by atoms with Gasteiger partial charge in [-0.05, 0) is 25.3 Å². The molecule has 0 heterocycles. The molecule has 3 nitrogen and oxygen atoms in total. The highest BCUT2D eigenvalue weighted by Gasteiger charge is 2.35. The lowest BCUT2D eigenvalue weighted by Gasteiger charge is -2.30. The summed E-state index contributed by atoms with van der Waals surface area (Å²) in [5.41, 5.74) is 8.11. The van der Waals surface area contributed by atoms with Gasteiger partial charge in [0.15, 0.2) is 0 Å². The van der Waals surface area contributed by atoms with Crippen LogP contribution in [0, 0.1) is 6.92 Å². The third kappa shape index (κ3) is 3.71. The predicted octanol–water partition coefficient (Wildman–Crippen LogP) is 2.30. The summed E-state index contributed by atoms with van der Waals surface area (Å²) in [6.45, 7) is 2.90. The summed E-state index contributed by atoms with van der Waals surface area (Å²) >= 11 is 0. The number of amides is 1. The van der Waals surface area contributed by atoms with Gasteiger partial charge in [-0.2, -0.15) is 0 Å². The van der Waals surface area contributed by atoms with Crippen molar-refractivity contribution in [1.29, 1.82) is 0 Å². The van der Waals surface area contributed by atoms with E-state index < -0.39 is 0 Å². The van der Waals surface area contributed by atoms with E-state index in [9.17, 15) is 4.79 Å². The molecule has 0 radical (unpaired) electrons. The molecule has 2 rings (SSSR count). The van der Waals surface area contributed by atoms with Crippen LogP contribution < -0.4 is 11.1 Å². The summed E-state index contributed by atoms with van der Waals surface area (Å²) in [6, 6.07) is 8.66. The van der Waals surface area contributed by atoms with Crippen LogP contribution in [0.5, 0.6) is 0 Å². The smallest absolute Gasteiger partial charge is 0.233 e. The van der Waals surface area contributed by atoms with Gasteiger partial charge in [0.1, 0.15) is 0 Å². The number of nitrogens with two attached hydrogens (primary N) is 1. The molecule has 0 aromatic heterocycles. The van der Waals surface area contributed by atoms with E-state index in [2.05, 4.69) is 36.5 Å². The van der Waals surface area contributed by atoms with Gasteiger partial charge in [-0.15, -0.1) is 12.4 Å². The summed E-state index contributed by atoms with van der Waals surface area (Å²) in [4.78, 5) is 11.4. The fraction of sp³-hybridized carbons (Fsp3) is 0.533. The van der Waals surface area contributed by atoms with E-state index >= 15 is 0 Å². The van der Waals surface area contributed by atoms with E-state index in [0.717, 1.165) is 12.8 Å². The van der Waals surface area contributed by atoms with Crippen LogP contribution in [0.3, 0.4) is 0 Å². The number of hydrogen-bond donors (Lipinski definition) is 2. The second-order valence-corrected chi connectivity index (χ2v) is 5.34. The molecule has 1 aromatic rings. The molecule has 1 aromatic carbocycles. The number of aryl methyl sites for hydroxylation is 1. The van der Waals surface area contributed by atoms with E-state index in [-0.39, 0.29) is 30.3 Å². The summed E-state index contributed by atoms with van der Waals surface area (Å²) < 4.78 is 0. The Kier molecular flexibility index (Phi) is 5.83. The Morgan fingerprint density at radius 1 is 1.37 bits per heavy atom. The third-order valence-electron chi connectivity index (χ3n) is 4.00. The van der Waals surface area contributed by atoms with Crippen molar-refractivity contribution in [3.63, 3.8) is 0 Å². The second-order valence-electron chi connectivity index (χ2n) is 5.34. The van der Waals surface area contributed by atoms with E-state index in [1.54, 1.807) is 0 Å². The molecule has 1 fully saturated rings. The number of nitrogens with one attached hydrogen (secondary N) is 1. The van der Waals surface area contributed by atoms with Crippen molar-refractivity contribution < 1.29 is 4.79 Å². The number of rotatable bonds is 4. The fourth-order valence-electron chi connectivity index (χ4n) is 2.93. The Balaban J connectivity index is 0.00000180. The van der Waals surface area contributed by atoms with E-state index in [1.807, 2.05) is 0 Å². The second kappa shape index (κ2) is 6.92. The Bertz CT molecular complexity index is 428. The maximum atomic E-state index is 11.4. The van der Waals surface area contributed by atoms with Gasteiger partial charge in [-0.1, -0.05) is 42.7 Å². The lowest BCUT2D eigenvalue weighted by molar-refractivity contribution is -0.120. The molecule has 19 heavy (non-hydrogen) atoms. The van der Waals surface area contributed by atoms with Gasteiger partial charge >= 0.3 is 0 Å². The minimum absolute atomic E-state index is 0. The molecule has 1 aliphatic rings. The largest absolute Gasteiger partial charge is 0.354 e. The number of hydrogen-bond acceptors (Lipinski definition) is 2. The highest BCUT2D eigenvalue weighted by Crippen LogP contribution is 2.40. The zero-order valence-electron chi connectivity index (χ0n) is 11.4. The topological polar surface area (TPSA) is 55.1 Å². The van der Waals surface area contributed by atoms with E-state index in [1.165, 1.54) is 24.0 Å². The zero-order chi connectivity index (χ0) is 13.0. The molecule has 0 bridgehead atoms. The van der Waals surface area contributed by atoms with Gasteiger partial charge in [0.25, 0.3) is 0 Å². The SMILES string of the molecule is Cc1cccc(C2(CNC(=O)CN)CCCC2)c1.Cl. The van der Waals surface area contributed by atoms with Crippen LogP contribution >= 0.6 is 12.4 Å². The number of carbonyl (C=O) groups excluding carboxylic acids is 1. The van der Waals surface area contributed by atoms with Crippen molar-refractivity contribution in [2.75, 3.05) is 13.1 Å². The van der Waals surface area contributed by atoms with Gasteiger partial charge in [0.2, 0.25) is 5.91 Å². The number of carbonyl (C=O) groups is 1. The first-order valence-corrected chi connectivity index (χ1v) is 6.70. The minimum atomic E-state index is -0.0612. The Morgan fingerprint density at radius 2 is 2.05 bits per heavy atom. The van der Waals surface area contributed by atoms with Crippen LogP contribution in [-0.2, 0) is 10.2 Å². The molecule has 0 spiro atoms. The molecular weight excluding hydrogens is 260 g/mol. The Labute approximate surface area is 121 Å². The van der Waals surface area contributed by atoms with E-state index in [0.29, 0.717) is 6.54 Å². The van der Waals surface area contributed by atoms with Crippen LogP contribution in [0.15, 0.2) is 24.3 Å². The van der Waals surface area contributed by atoms with Gasteiger partial charge in [0, 0.05) is 12.0 Å². The third-order valence-corrected chi connectivity index (χ3v) is 4.00. The highest BCUT2D eigenvalue weighted by atomic mass is 35.5. The fourth-order valence-corrected chi connectivity index (χ4v) is 2.93. The summed E-state index contributed by atoms with van der Waals surface area (Å²) in [6.07, 6.45) is 4.79. The van der Waals surface area contributed by atoms with E-state index in [4.69, 9.17) is 5.73 Å². The molecule has 0 unspecified atom stereocenters. The average molecular weight is 283 g/mol. The molecule has 0 atom stereocenters. The van der Waals surface area contributed by atoms with Gasteiger partial charge in [-0.25, -0.2) is 0 Å². The van der Waals surface area contributed by atoms with Gasteiger partial charge in [-0.3, -0.25) is 4.79 Å². The molecule has 1 aliphatic carbocycles. The van der Waals surface area contributed by atoms with Crippen LogP contribution in [0.1, 0.15) is 36.8 Å². The number of benzene rings is 1. The lowest BCUT2D eigenvalue weighted by atomic mass is 9.78. The van der Waals surface area contributed by atoms with Crippen LogP contribution in [-0.4, -0.2) is 19.0 Å². The predicted molar refractivity (Wildman–Crippen MR) is 80.6 cm³/mol. The zero-order valence-corrected chi connectivity index (χ0v) is 12.3. The maximum absolute atomic E-state index is 11.4.